The minimum Gasteiger partial charge on any atom is -0.345 e. The van der Waals surface area contributed by atoms with Gasteiger partial charge in [-0.3, -0.25) is 14.5 Å². The first kappa shape index (κ1) is 17.8. The van der Waals surface area contributed by atoms with Crippen molar-refractivity contribution in [3.8, 4) is 11.5 Å². The number of carbonyl (C=O) groups excluding carboxylic acids is 1. The molecule has 3 heterocycles. The van der Waals surface area contributed by atoms with Crippen LogP contribution in [-0.4, -0.2) is 30.8 Å². The van der Waals surface area contributed by atoms with Gasteiger partial charge < -0.3 is 9.84 Å². The summed E-state index contributed by atoms with van der Waals surface area (Å²) in [7, 11) is 1.91. The topological polar surface area (TPSA) is 98.7 Å². The van der Waals surface area contributed by atoms with Crippen LogP contribution < -0.4 is 5.32 Å². The van der Waals surface area contributed by atoms with E-state index in [2.05, 4.69) is 25.5 Å². The van der Waals surface area contributed by atoms with Gasteiger partial charge in [0.15, 0.2) is 0 Å². The van der Waals surface area contributed by atoms with Crippen LogP contribution in [0.1, 0.15) is 42.2 Å². The molecule has 0 unspecified atom stereocenters. The van der Waals surface area contributed by atoms with Crippen molar-refractivity contribution in [1.29, 1.82) is 0 Å². The number of carbonyl (C=O) groups is 1. The number of amides is 1. The van der Waals surface area contributed by atoms with Crippen molar-refractivity contribution >= 4 is 5.91 Å². The van der Waals surface area contributed by atoms with Crippen LogP contribution in [-0.2, 0) is 18.3 Å². The Bertz CT molecular complexity index is 900. The minimum atomic E-state index is -0.372. The average molecular weight is 354 g/mol. The third-order valence-corrected chi connectivity index (χ3v) is 4.34. The fraction of sp³-hybridized carbons (Fsp3) is 0.389. The van der Waals surface area contributed by atoms with Gasteiger partial charge in [0.25, 0.3) is 0 Å². The molecule has 0 fully saturated rings. The maximum atomic E-state index is 12.3. The molecular formula is C18H22N6O2. The molecule has 8 nitrogen and oxygen atoms in total. The van der Waals surface area contributed by atoms with Gasteiger partial charge >= 0.3 is 0 Å². The number of pyridine rings is 1. The summed E-state index contributed by atoms with van der Waals surface area (Å²) < 4.78 is 7.09. The molecule has 136 valence electrons. The monoisotopic (exact) mass is 354 g/mol. The Hall–Kier alpha value is -3.03. The Labute approximate surface area is 151 Å². The van der Waals surface area contributed by atoms with Gasteiger partial charge in [-0.05, 0) is 44.9 Å². The molecule has 0 spiro atoms. The second-order valence-electron chi connectivity index (χ2n) is 6.23. The van der Waals surface area contributed by atoms with Gasteiger partial charge in [-0.1, -0.05) is 11.2 Å². The normalized spacial score (nSPS) is 12.2. The van der Waals surface area contributed by atoms with Crippen molar-refractivity contribution in [3.63, 3.8) is 0 Å². The molecule has 1 amide bonds. The second-order valence-corrected chi connectivity index (χ2v) is 6.23. The molecule has 0 saturated heterocycles. The van der Waals surface area contributed by atoms with E-state index in [-0.39, 0.29) is 11.9 Å². The maximum Gasteiger partial charge on any atom is 0.249 e. The zero-order valence-corrected chi connectivity index (χ0v) is 15.4. The highest BCUT2D eigenvalue weighted by molar-refractivity contribution is 5.76. The molecule has 0 saturated carbocycles. The number of nitrogens with one attached hydrogen (secondary N) is 1. The van der Waals surface area contributed by atoms with E-state index in [1.54, 1.807) is 12.3 Å². The molecule has 8 heteroatoms. The van der Waals surface area contributed by atoms with Crippen LogP contribution in [0.15, 0.2) is 28.9 Å². The van der Waals surface area contributed by atoms with E-state index < -0.39 is 0 Å². The molecule has 0 aromatic carbocycles. The predicted molar refractivity (Wildman–Crippen MR) is 95.1 cm³/mol. The third kappa shape index (κ3) is 3.79. The summed E-state index contributed by atoms with van der Waals surface area (Å²) in [6.45, 7) is 5.78. The van der Waals surface area contributed by atoms with Crippen molar-refractivity contribution in [2.45, 2.75) is 39.7 Å². The zero-order valence-electron chi connectivity index (χ0n) is 15.4. The van der Waals surface area contributed by atoms with Gasteiger partial charge in [-0.15, -0.1) is 0 Å². The van der Waals surface area contributed by atoms with Crippen LogP contribution >= 0.6 is 0 Å². The lowest BCUT2D eigenvalue weighted by Gasteiger charge is -2.09. The van der Waals surface area contributed by atoms with Crippen LogP contribution in [0, 0.1) is 13.8 Å². The summed E-state index contributed by atoms with van der Waals surface area (Å²) in [5.74, 6) is 0.689. The molecule has 0 aliphatic carbocycles. The smallest absolute Gasteiger partial charge is 0.249 e. The number of hydrogen-bond donors (Lipinski definition) is 1. The quantitative estimate of drug-likeness (QED) is 0.729. The summed E-state index contributed by atoms with van der Waals surface area (Å²) in [6.07, 6.45) is 2.69. The average Bonchev–Trinajstić information content (AvgIpc) is 3.20. The molecule has 1 N–H and O–H groups in total. The molecule has 0 radical (unpaired) electrons. The Balaban J connectivity index is 1.58. The van der Waals surface area contributed by atoms with Crippen molar-refractivity contribution < 1.29 is 9.32 Å². The molecule has 3 aromatic rings. The largest absolute Gasteiger partial charge is 0.345 e. The van der Waals surface area contributed by atoms with Crippen molar-refractivity contribution in [2.75, 3.05) is 0 Å². The Morgan fingerprint density at radius 1 is 1.35 bits per heavy atom. The maximum absolute atomic E-state index is 12.3. The zero-order chi connectivity index (χ0) is 18.7. The summed E-state index contributed by atoms with van der Waals surface area (Å²) >= 11 is 0. The van der Waals surface area contributed by atoms with Crippen LogP contribution in [0.3, 0.4) is 0 Å². The molecular weight excluding hydrogens is 332 g/mol. The summed E-state index contributed by atoms with van der Waals surface area (Å²) in [5, 5.41) is 11.2. The van der Waals surface area contributed by atoms with Crippen molar-refractivity contribution in [3.05, 3.63) is 47.2 Å². The fourth-order valence-corrected chi connectivity index (χ4v) is 2.80. The summed E-state index contributed by atoms with van der Waals surface area (Å²) in [5.41, 5.74) is 3.79. The highest BCUT2D eigenvalue weighted by Gasteiger charge is 2.18. The van der Waals surface area contributed by atoms with Crippen LogP contribution in [0.2, 0.25) is 0 Å². The first-order valence-electron chi connectivity index (χ1n) is 8.49. The van der Waals surface area contributed by atoms with Gasteiger partial charge in [-0.25, -0.2) is 0 Å². The van der Waals surface area contributed by atoms with E-state index >= 15 is 0 Å². The van der Waals surface area contributed by atoms with E-state index in [1.165, 1.54) is 0 Å². The SMILES string of the molecule is Cc1nn(C)c(C)c1CCC(=O)N[C@H](C)c1nc(-c2ccccn2)no1. The molecule has 3 rings (SSSR count). The molecule has 3 aromatic heterocycles. The van der Waals surface area contributed by atoms with Gasteiger partial charge in [-0.2, -0.15) is 10.1 Å². The van der Waals surface area contributed by atoms with E-state index in [0.29, 0.717) is 30.3 Å². The summed E-state index contributed by atoms with van der Waals surface area (Å²) in [6, 6.07) is 5.10. The number of aromatic nitrogens is 5. The van der Waals surface area contributed by atoms with Crippen molar-refractivity contribution in [1.82, 2.24) is 30.2 Å². The Morgan fingerprint density at radius 2 is 2.15 bits per heavy atom. The number of aryl methyl sites for hydroxylation is 2. The lowest BCUT2D eigenvalue weighted by atomic mass is 10.1. The van der Waals surface area contributed by atoms with E-state index in [4.69, 9.17) is 4.52 Å². The van der Waals surface area contributed by atoms with Crippen LogP contribution in [0.4, 0.5) is 0 Å². The second kappa shape index (κ2) is 7.47. The van der Waals surface area contributed by atoms with Gasteiger partial charge in [0.1, 0.15) is 11.7 Å². The van der Waals surface area contributed by atoms with Gasteiger partial charge in [0, 0.05) is 25.4 Å². The first-order valence-corrected chi connectivity index (χ1v) is 8.49. The highest BCUT2D eigenvalue weighted by Crippen LogP contribution is 2.17. The predicted octanol–water partition coefficient (Wildman–Crippen LogP) is 2.29. The number of hydrogen-bond acceptors (Lipinski definition) is 6. The van der Waals surface area contributed by atoms with Crippen LogP contribution in [0.25, 0.3) is 11.5 Å². The van der Waals surface area contributed by atoms with Crippen molar-refractivity contribution in [2.24, 2.45) is 7.05 Å². The number of rotatable bonds is 6. The Morgan fingerprint density at radius 3 is 2.81 bits per heavy atom. The van der Waals surface area contributed by atoms with Crippen LogP contribution in [0.5, 0.6) is 0 Å². The van der Waals surface area contributed by atoms with Gasteiger partial charge in [0.2, 0.25) is 17.6 Å². The molecule has 1 atom stereocenters. The van der Waals surface area contributed by atoms with E-state index in [1.807, 2.05) is 44.6 Å². The lowest BCUT2D eigenvalue weighted by Crippen LogP contribution is -2.27. The highest BCUT2D eigenvalue weighted by atomic mass is 16.5. The molecule has 0 aliphatic rings. The third-order valence-electron chi connectivity index (χ3n) is 4.34. The number of nitrogens with zero attached hydrogens (tertiary/aromatic N) is 5. The Kier molecular flexibility index (Phi) is 5.11. The first-order chi connectivity index (χ1) is 12.5. The molecule has 26 heavy (non-hydrogen) atoms. The summed E-state index contributed by atoms with van der Waals surface area (Å²) in [4.78, 5) is 20.8. The molecule has 0 bridgehead atoms. The van der Waals surface area contributed by atoms with Gasteiger partial charge in [0.05, 0.1) is 5.69 Å². The van der Waals surface area contributed by atoms with E-state index in [0.717, 1.165) is 17.0 Å². The fourth-order valence-electron chi connectivity index (χ4n) is 2.80. The standard InChI is InChI=1S/C18H22N6O2/c1-11-14(13(3)24(4)22-11)8-9-16(25)20-12(2)18-21-17(23-26-18)15-7-5-6-10-19-15/h5-7,10,12H,8-9H2,1-4H3,(H,20,25)/t12-/m1/s1. The molecule has 0 aliphatic heterocycles. The lowest BCUT2D eigenvalue weighted by molar-refractivity contribution is -0.121. The van der Waals surface area contributed by atoms with E-state index in [9.17, 15) is 4.79 Å². The minimum absolute atomic E-state index is 0.0715.